The Bertz CT molecular complexity index is 724. The molecular formula is C22H33N3O6. The zero-order valence-corrected chi connectivity index (χ0v) is 17.6. The Labute approximate surface area is 182 Å². The molecule has 0 saturated carbocycles. The lowest BCUT2D eigenvalue weighted by Crippen LogP contribution is -2.41. The van der Waals surface area contributed by atoms with Crippen LogP contribution < -0.4 is 16.8 Å². The quantitative estimate of drug-likeness (QED) is 0.223. The number of unbranched alkanes of at least 4 members (excludes halogenated alkanes) is 1. The molecule has 0 spiro atoms. The van der Waals surface area contributed by atoms with Crippen LogP contribution in [0.1, 0.15) is 43.2 Å². The lowest BCUT2D eigenvalue weighted by Gasteiger charge is -2.30. The summed E-state index contributed by atoms with van der Waals surface area (Å²) in [6.07, 6.45) is 3.38. The number of nitrogens with two attached hydrogens (primary N) is 2. The van der Waals surface area contributed by atoms with E-state index in [1.165, 1.54) is 0 Å². The number of aliphatic hydroxyl groups is 1. The number of hydrogen-bond donors (Lipinski definition) is 5. The molecule has 7 N–H and O–H groups in total. The Kier molecular flexibility index (Phi) is 10.5. The second-order valence-electron chi connectivity index (χ2n) is 7.63. The number of aliphatic carboxylic acids is 1. The Morgan fingerprint density at radius 1 is 1.29 bits per heavy atom. The molecule has 1 heterocycles. The van der Waals surface area contributed by atoms with E-state index in [1.807, 2.05) is 24.3 Å². The number of rotatable bonds is 13. The Hall–Kier alpha value is -2.46. The van der Waals surface area contributed by atoms with Gasteiger partial charge in [-0.15, -0.1) is 0 Å². The molecular weight excluding hydrogens is 402 g/mol. The molecule has 1 fully saturated rings. The van der Waals surface area contributed by atoms with Gasteiger partial charge in [0, 0.05) is 19.0 Å². The lowest BCUT2D eigenvalue weighted by atomic mass is 10.1. The van der Waals surface area contributed by atoms with Crippen molar-refractivity contribution in [2.24, 2.45) is 11.5 Å². The highest BCUT2D eigenvalue weighted by Gasteiger charge is 2.33. The fraction of sp³-hybridized carbons (Fsp3) is 0.545. The van der Waals surface area contributed by atoms with E-state index in [0.717, 1.165) is 30.3 Å². The fourth-order valence-corrected chi connectivity index (χ4v) is 3.28. The van der Waals surface area contributed by atoms with Crippen molar-refractivity contribution in [3.8, 4) is 0 Å². The van der Waals surface area contributed by atoms with E-state index in [1.54, 1.807) is 6.20 Å². The first-order valence-corrected chi connectivity index (χ1v) is 10.6. The minimum atomic E-state index is -1.10. The molecule has 9 nitrogen and oxygen atoms in total. The van der Waals surface area contributed by atoms with Crippen molar-refractivity contribution in [3.63, 3.8) is 0 Å². The third-order valence-electron chi connectivity index (χ3n) is 5.11. The van der Waals surface area contributed by atoms with E-state index in [9.17, 15) is 14.7 Å². The molecule has 31 heavy (non-hydrogen) atoms. The predicted molar refractivity (Wildman–Crippen MR) is 116 cm³/mol. The van der Waals surface area contributed by atoms with Gasteiger partial charge < -0.3 is 41.3 Å². The van der Waals surface area contributed by atoms with Crippen molar-refractivity contribution in [2.45, 2.75) is 63.1 Å². The number of carbonyl (C=O) groups is 2. The van der Waals surface area contributed by atoms with Gasteiger partial charge >= 0.3 is 5.97 Å². The molecule has 4 atom stereocenters. The smallest absolute Gasteiger partial charge is 0.333 e. The van der Waals surface area contributed by atoms with E-state index in [2.05, 4.69) is 5.32 Å². The first kappa shape index (κ1) is 24.8. The number of carboxylic acid groups (broad SMARTS) is 1. The minimum Gasteiger partial charge on any atom is -0.479 e. The van der Waals surface area contributed by atoms with Gasteiger partial charge in [0.1, 0.15) is 6.29 Å². The summed E-state index contributed by atoms with van der Waals surface area (Å²) in [6.45, 7) is 0.944. The molecule has 1 aliphatic heterocycles. The van der Waals surface area contributed by atoms with E-state index in [0.29, 0.717) is 31.7 Å². The van der Waals surface area contributed by atoms with Crippen LogP contribution >= 0.6 is 0 Å². The maximum Gasteiger partial charge on any atom is 0.333 e. The van der Waals surface area contributed by atoms with Crippen LogP contribution in [0.3, 0.4) is 0 Å². The molecule has 172 valence electrons. The van der Waals surface area contributed by atoms with Crippen LogP contribution in [0.2, 0.25) is 0 Å². The van der Waals surface area contributed by atoms with Gasteiger partial charge in [-0.2, -0.15) is 0 Å². The second-order valence-corrected chi connectivity index (χ2v) is 7.63. The Morgan fingerprint density at radius 3 is 2.68 bits per heavy atom. The van der Waals surface area contributed by atoms with Gasteiger partial charge in [-0.1, -0.05) is 24.3 Å². The summed E-state index contributed by atoms with van der Waals surface area (Å²) in [7, 11) is 0. The number of aliphatic hydroxyl groups excluding tert-OH is 1. The molecule has 1 saturated heterocycles. The standard InChI is InChI=1S/C22H33N3O6/c23-9-2-1-3-17(14-26)25-13-19(24)16-6-4-15(5-7-16)8-10-30-21-12-18(27)11-20(31-21)22(28)29/h4-7,13-14,17-18,20-21,25,27H,1-3,8-12,23-24H2,(H,28,29)/b19-13-. The van der Waals surface area contributed by atoms with Crippen molar-refractivity contribution in [3.05, 3.63) is 41.6 Å². The van der Waals surface area contributed by atoms with Crippen molar-refractivity contribution in [2.75, 3.05) is 13.2 Å². The first-order chi connectivity index (χ1) is 14.9. The van der Waals surface area contributed by atoms with E-state index >= 15 is 0 Å². The number of hydrogen-bond acceptors (Lipinski definition) is 8. The van der Waals surface area contributed by atoms with Gasteiger partial charge in [0.2, 0.25) is 0 Å². The van der Waals surface area contributed by atoms with Crippen LogP contribution in [-0.4, -0.2) is 60.2 Å². The molecule has 0 aliphatic carbocycles. The summed E-state index contributed by atoms with van der Waals surface area (Å²) in [4.78, 5) is 22.2. The van der Waals surface area contributed by atoms with Gasteiger partial charge in [-0.05, 0) is 43.4 Å². The average Bonchev–Trinajstić information content (AvgIpc) is 2.76. The molecule has 1 aromatic carbocycles. The van der Waals surface area contributed by atoms with Gasteiger partial charge in [0.15, 0.2) is 12.4 Å². The highest BCUT2D eigenvalue weighted by Crippen LogP contribution is 2.21. The summed E-state index contributed by atoms with van der Waals surface area (Å²) in [5, 5.41) is 21.9. The molecule has 1 aromatic rings. The number of aldehydes is 1. The highest BCUT2D eigenvalue weighted by atomic mass is 16.7. The second kappa shape index (κ2) is 13.1. The van der Waals surface area contributed by atoms with E-state index in [-0.39, 0.29) is 18.9 Å². The summed E-state index contributed by atoms with van der Waals surface area (Å²) < 4.78 is 10.9. The maximum absolute atomic E-state index is 11.1. The van der Waals surface area contributed by atoms with Gasteiger partial charge in [0.05, 0.1) is 24.4 Å². The Balaban J connectivity index is 1.79. The average molecular weight is 436 g/mol. The highest BCUT2D eigenvalue weighted by molar-refractivity contribution is 5.72. The molecule has 4 unspecified atom stereocenters. The predicted octanol–water partition coefficient (Wildman–Crippen LogP) is 0.740. The molecule has 2 rings (SSSR count). The number of carboxylic acids is 1. The summed E-state index contributed by atoms with van der Waals surface area (Å²) in [6, 6.07) is 7.33. The summed E-state index contributed by atoms with van der Waals surface area (Å²) in [5.74, 6) is -1.10. The Morgan fingerprint density at radius 2 is 2.03 bits per heavy atom. The van der Waals surface area contributed by atoms with Crippen LogP contribution in [0.4, 0.5) is 0 Å². The molecule has 0 amide bonds. The van der Waals surface area contributed by atoms with Crippen molar-refractivity contribution < 1.29 is 29.3 Å². The zero-order valence-electron chi connectivity index (χ0n) is 17.6. The van der Waals surface area contributed by atoms with Gasteiger partial charge in [-0.25, -0.2) is 4.79 Å². The zero-order chi connectivity index (χ0) is 22.6. The van der Waals surface area contributed by atoms with Gasteiger partial charge in [-0.3, -0.25) is 0 Å². The van der Waals surface area contributed by atoms with Crippen molar-refractivity contribution >= 4 is 18.0 Å². The van der Waals surface area contributed by atoms with Crippen molar-refractivity contribution in [1.29, 1.82) is 0 Å². The molecule has 9 heteroatoms. The van der Waals surface area contributed by atoms with Crippen LogP contribution in [-0.2, 0) is 25.5 Å². The third-order valence-corrected chi connectivity index (χ3v) is 5.11. The maximum atomic E-state index is 11.1. The SMILES string of the molecule is NCCCCC(C=O)N/C=C(\N)c1ccc(CCOC2CC(O)CC(C(=O)O)O2)cc1. The molecule has 0 bridgehead atoms. The molecule has 1 aliphatic rings. The third kappa shape index (κ3) is 8.66. The largest absolute Gasteiger partial charge is 0.479 e. The first-order valence-electron chi connectivity index (χ1n) is 10.6. The minimum absolute atomic E-state index is 0.0712. The van der Waals surface area contributed by atoms with E-state index < -0.39 is 24.5 Å². The van der Waals surface area contributed by atoms with Gasteiger partial charge in [0.25, 0.3) is 0 Å². The monoisotopic (exact) mass is 435 g/mol. The van der Waals surface area contributed by atoms with Crippen molar-refractivity contribution in [1.82, 2.24) is 5.32 Å². The summed E-state index contributed by atoms with van der Waals surface area (Å²) >= 11 is 0. The number of nitrogens with one attached hydrogen (secondary N) is 1. The number of benzene rings is 1. The lowest BCUT2D eigenvalue weighted by molar-refractivity contribution is -0.221. The normalized spacial score (nSPS) is 22.6. The number of carbonyl (C=O) groups excluding carboxylic acids is 1. The fourth-order valence-electron chi connectivity index (χ4n) is 3.28. The molecule has 0 aromatic heterocycles. The number of ether oxygens (including phenoxy) is 2. The topological polar surface area (TPSA) is 157 Å². The summed E-state index contributed by atoms with van der Waals surface area (Å²) in [5.41, 5.74) is 13.9. The van der Waals surface area contributed by atoms with Crippen LogP contribution in [0.15, 0.2) is 30.5 Å². The van der Waals surface area contributed by atoms with Crippen LogP contribution in [0, 0.1) is 0 Å². The van der Waals surface area contributed by atoms with Crippen LogP contribution in [0.5, 0.6) is 0 Å². The van der Waals surface area contributed by atoms with Crippen LogP contribution in [0.25, 0.3) is 5.70 Å². The molecule has 0 radical (unpaired) electrons. The van der Waals surface area contributed by atoms with E-state index in [4.69, 9.17) is 26.0 Å².